The van der Waals surface area contributed by atoms with Crippen LogP contribution in [0.2, 0.25) is 0 Å². The van der Waals surface area contributed by atoms with E-state index in [0.29, 0.717) is 0 Å². The molecule has 0 atom stereocenters. The molecule has 1 heterocycles. The van der Waals surface area contributed by atoms with Gasteiger partial charge in [-0.05, 0) is 0 Å². The van der Waals surface area contributed by atoms with E-state index in [0.717, 1.165) is 0 Å². The zero-order valence-electron chi connectivity index (χ0n) is 5.57. The first kappa shape index (κ1) is 7.55. The number of amides is 2. The molecule has 0 unspecified atom stereocenters. The molecule has 0 saturated carbocycles. The second-order valence-electron chi connectivity index (χ2n) is 1.77. The van der Waals surface area contributed by atoms with Crippen molar-refractivity contribution in [3.8, 4) is 0 Å². The van der Waals surface area contributed by atoms with E-state index in [1.54, 1.807) is 0 Å². The standard InChI is InChI=1S/C5H7N3O3/c6-5(10)8-3-2-11-4(1-9)7-3/h2,9H,1H2,(H3,6,8,10). The minimum atomic E-state index is -0.720. The molecule has 2 amide bonds. The molecule has 0 aliphatic rings. The first-order valence-corrected chi connectivity index (χ1v) is 2.84. The number of urea groups is 1. The highest BCUT2D eigenvalue weighted by molar-refractivity contribution is 5.86. The van der Waals surface area contributed by atoms with E-state index < -0.39 is 6.03 Å². The van der Waals surface area contributed by atoms with Gasteiger partial charge in [0.15, 0.2) is 5.82 Å². The number of hydrogen-bond donors (Lipinski definition) is 3. The molecular weight excluding hydrogens is 150 g/mol. The maximum atomic E-state index is 10.2. The van der Waals surface area contributed by atoms with Crippen LogP contribution in [0.15, 0.2) is 10.7 Å². The summed E-state index contributed by atoms with van der Waals surface area (Å²) in [5.41, 5.74) is 4.78. The number of nitrogens with zero attached hydrogens (tertiary/aromatic N) is 1. The molecule has 60 valence electrons. The van der Waals surface area contributed by atoms with E-state index in [1.165, 1.54) is 6.26 Å². The number of anilines is 1. The molecule has 0 fully saturated rings. The van der Waals surface area contributed by atoms with Crippen LogP contribution >= 0.6 is 0 Å². The number of aromatic nitrogens is 1. The van der Waals surface area contributed by atoms with E-state index in [4.69, 9.17) is 10.8 Å². The molecule has 0 aliphatic heterocycles. The number of carbonyl (C=O) groups excluding carboxylic acids is 1. The van der Waals surface area contributed by atoms with Crippen LogP contribution in [0.3, 0.4) is 0 Å². The lowest BCUT2D eigenvalue weighted by atomic mass is 10.7. The molecule has 6 heteroatoms. The Morgan fingerprint density at radius 1 is 1.91 bits per heavy atom. The number of nitrogens with two attached hydrogens (primary N) is 1. The van der Waals surface area contributed by atoms with Gasteiger partial charge in [0.05, 0.1) is 0 Å². The molecule has 0 radical (unpaired) electrons. The summed E-state index contributed by atoms with van der Waals surface area (Å²) < 4.78 is 4.68. The SMILES string of the molecule is NC(=O)Nc1coc(CO)n1. The Morgan fingerprint density at radius 3 is 3.09 bits per heavy atom. The lowest BCUT2D eigenvalue weighted by Gasteiger charge is -1.90. The van der Waals surface area contributed by atoms with Gasteiger partial charge in [-0.15, -0.1) is 0 Å². The van der Waals surface area contributed by atoms with E-state index in [-0.39, 0.29) is 18.3 Å². The predicted molar refractivity (Wildman–Crippen MR) is 35.6 cm³/mol. The Hall–Kier alpha value is -1.56. The van der Waals surface area contributed by atoms with Crippen LogP contribution in [0.4, 0.5) is 10.6 Å². The molecule has 0 bridgehead atoms. The summed E-state index contributed by atoms with van der Waals surface area (Å²) in [4.78, 5) is 13.9. The van der Waals surface area contributed by atoms with Gasteiger partial charge in [-0.2, -0.15) is 4.98 Å². The maximum absolute atomic E-state index is 10.2. The topological polar surface area (TPSA) is 101 Å². The molecule has 1 rings (SSSR count). The number of primary amides is 1. The van der Waals surface area contributed by atoms with Crippen LogP contribution in [-0.2, 0) is 6.61 Å². The van der Waals surface area contributed by atoms with Gasteiger partial charge in [-0.3, -0.25) is 5.32 Å². The fourth-order valence-corrected chi connectivity index (χ4v) is 0.567. The minimum Gasteiger partial charge on any atom is -0.444 e. The minimum absolute atomic E-state index is 0.133. The second kappa shape index (κ2) is 3.02. The molecule has 0 aromatic carbocycles. The number of carbonyl (C=O) groups is 1. The van der Waals surface area contributed by atoms with Gasteiger partial charge in [0.25, 0.3) is 0 Å². The molecule has 1 aromatic rings. The Morgan fingerprint density at radius 2 is 2.64 bits per heavy atom. The smallest absolute Gasteiger partial charge is 0.317 e. The zero-order valence-corrected chi connectivity index (χ0v) is 5.57. The van der Waals surface area contributed by atoms with Crippen LogP contribution in [-0.4, -0.2) is 16.1 Å². The molecule has 1 aromatic heterocycles. The molecule has 0 saturated heterocycles. The van der Waals surface area contributed by atoms with Crippen molar-refractivity contribution in [2.75, 3.05) is 5.32 Å². The van der Waals surface area contributed by atoms with Gasteiger partial charge in [0.2, 0.25) is 5.89 Å². The Balaban J connectivity index is 2.65. The van der Waals surface area contributed by atoms with Crippen molar-refractivity contribution in [1.82, 2.24) is 4.98 Å². The predicted octanol–water partition coefficient (Wildman–Crippen LogP) is -0.342. The summed E-state index contributed by atoms with van der Waals surface area (Å²) in [6, 6.07) is -0.720. The third-order valence-corrected chi connectivity index (χ3v) is 0.938. The van der Waals surface area contributed by atoms with Gasteiger partial charge in [0, 0.05) is 0 Å². The van der Waals surface area contributed by atoms with Crippen molar-refractivity contribution in [2.24, 2.45) is 5.73 Å². The van der Waals surface area contributed by atoms with Crippen LogP contribution in [0.5, 0.6) is 0 Å². The normalized spacial score (nSPS) is 9.55. The van der Waals surface area contributed by atoms with Gasteiger partial charge >= 0.3 is 6.03 Å². The molecule has 0 spiro atoms. The number of nitrogens with one attached hydrogen (secondary N) is 1. The molecule has 6 nitrogen and oxygen atoms in total. The highest BCUT2D eigenvalue weighted by atomic mass is 16.4. The second-order valence-corrected chi connectivity index (χ2v) is 1.77. The third kappa shape index (κ3) is 1.94. The van der Waals surface area contributed by atoms with Crippen molar-refractivity contribution in [2.45, 2.75) is 6.61 Å². The fraction of sp³-hybridized carbons (Fsp3) is 0.200. The largest absolute Gasteiger partial charge is 0.444 e. The van der Waals surface area contributed by atoms with Gasteiger partial charge in [0.1, 0.15) is 12.9 Å². The summed E-state index contributed by atoms with van der Waals surface area (Å²) in [7, 11) is 0. The van der Waals surface area contributed by atoms with Crippen LogP contribution in [0.25, 0.3) is 0 Å². The average Bonchev–Trinajstić information content (AvgIpc) is 2.34. The summed E-state index contributed by atoms with van der Waals surface area (Å²) in [6.07, 6.45) is 1.19. The first-order chi connectivity index (χ1) is 5.22. The monoisotopic (exact) mass is 157 g/mol. The van der Waals surface area contributed by atoms with Crippen LogP contribution in [0, 0.1) is 0 Å². The maximum Gasteiger partial charge on any atom is 0.317 e. The highest BCUT2D eigenvalue weighted by Gasteiger charge is 2.02. The fourth-order valence-electron chi connectivity index (χ4n) is 0.567. The van der Waals surface area contributed by atoms with Crippen molar-refractivity contribution >= 4 is 11.8 Å². The molecule has 0 aliphatic carbocycles. The quantitative estimate of drug-likeness (QED) is 0.546. The zero-order chi connectivity index (χ0) is 8.27. The summed E-state index contributed by atoms with van der Waals surface area (Å²) >= 11 is 0. The van der Waals surface area contributed by atoms with Crippen molar-refractivity contribution in [3.63, 3.8) is 0 Å². The first-order valence-electron chi connectivity index (χ1n) is 2.84. The van der Waals surface area contributed by atoms with E-state index in [9.17, 15) is 4.79 Å². The summed E-state index contributed by atoms with van der Waals surface area (Å²) in [5.74, 6) is 0.329. The average molecular weight is 157 g/mol. The summed E-state index contributed by atoms with van der Waals surface area (Å²) in [6.45, 7) is -0.305. The van der Waals surface area contributed by atoms with Crippen LogP contribution in [0.1, 0.15) is 5.89 Å². The van der Waals surface area contributed by atoms with Gasteiger partial charge in [-0.25, -0.2) is 4.79 Å². The highest BCUT2D eigenvalue weighted by Crippen LogP contribution is 2.05. The molecule has 4 N–H and O–H groups in total. The van der Waals surface area contributed by atoms with Crippen molar-refractivity contribution in [3.05, 3.63) is 12.2 Å². The number of aliphatic hydroxyl groups is 1. The summed E-state index contributed by atoms with van der Waals surface area (Å²) in [5, 5.41) is 10.7. The van der Waals surface area contributed by atoms with Gasteiger partial charge < -0.3 is 15.3 Å². The van der Waals surface area contributed by atoms with E-state index >= 15 is 0 Å². The van der Waals surface area contributed by atoms with Crippen molar-refractivity contribution in [1.29, 1.82) is 0 Å². The van der Waals surface area contributed by atoms with Gasteiger partial charge in [-0.1, -0.05) is 0 Å². The van der Waals surface area contributed by atoms with Crippen molar-refractivity contribution < 1.29 is 14.3 Å². The number of oxazole rings is 1. The third-order valence-electron chi connectivity index (χ3n) is 0.938. The van der Waals surface area contributed by atoms with Crippen LogP contribution < -0.4 is 11.1 Å². The van der Waals surface area contributed by atoms with E-state index in [1.807, 2.05) is 0 Å². The molecular formula is C5H7N3O3. The Bertz CT molecular complexity index is 257. The lowest BCUT2D eigenvalue weighted by Crippen LogP contribution is -2.19. The lowest BCUT2D eigenvalue weighted by molar-refractivity contribution is 0.240. The number of hydrogen-bond acceptors (Lipinski definition) is 4. The number of rotatable bonds is 2. The Kier molecular flexibility index (Phi) is 2.07. The Labute approximate surface area is 62.0 Å². The number of aliphatic hydroxyl groups excluding tert-OH is 1. The van der Waals surface area contributed by atoms with E-state index in [2.05, 4.69) is 14.7 Å². The molecule has 11 heavy (non-hydrogen) atoms.